The van der Waals surface area contributed by atoms with Crippen LogP contribution in [0, 0.1) is 0 Å². The lowest BCUT2D eigenvalue weighted by Gasteiger charge is -2.08. The van der Waals surface area contributed by atoms with Crippen molar-refractivity contribution in [2.45, 2.75) is 31.7 Å². The number of carbonyl (C=O) groups excluding carboxylic acids is 1. The number of aromatic amines is 1. The Morgan fingerprint density at radius 3 is 3.00 bits per heavy atom. The van der Waals surface area contributed by atoms with Gasteiger partial charge in [-0.15, -0.1) is 0 Å². The molecule has 0 bridgehead atoms. The quantitative estimate of drug-likeness (QED) is 0.691. The van der Waals surface area contributed by atoms with Gasteiger partial charge in [-0.2, -0.15) is 5.10 Å². The molecule has 7 nitrogen and oxygen atoms in total. The second kappa shape index (κ2) is 5.75. The predicted molar refractivity (Wildman–Crippen MR) is 88.5 cm³/mol. The molecule has 2 amide bonds. The minimum Gasteiger partial charge on any atom is -0.360 e. The second-order valence-corrected chi connectivity index (χ2v) is 5.86. The van der Waals surface area contributed by atoms with Gasteiger partial charge in [-0.25, -0.2) is 9.78 Å². The summed E-state index contributed by atoms with van der Waals surface area (Å²) in [5.41, 5.74) is 1.63. The van der Waals surface area contributed by atoms with Gasteiger partial charge in [0.25, 0.3) is 0 Å². The maximum absolute atomic E-state index is 12.1. The van der Waals surface area contributed by atoms with E-state index < -0.39 is 0 Å². The number of anilines is 2. The van der Waals surface area contributed by atoms with Crippen molar-refractivity contribution in [3.05, 3.63) is 36.9 Å². The highest BCUT2D eigenvalue weighted by Gasteiger charge is 2.17. The van der Waals surface area contributed by atoms with Crippen LogP contribution in [0.15, 0.2) is 36.9 Å². The van der Waals surface area contributed by atoms with Crippen LogP contribution in [0.3, 0.4) is 0 Å². The highest BCUT2D eigenvalue weighted by molar-refractivity contribution is 5.99. The van der Waals surface area contributed by atoms with Crippen molar-refractivity contribution in [2.24, 2.45) is 0 Å². The van der Waals surface area contributed by atoms with E-state index in [9.17, 15) is 4.79 Å². The van der Waals surface area contributed by atoms with Gasteiger partial charge in [0.1, 0.15) is 5.82 Å². The van der Waals surface area contributed by atoms with Gasteiger partial charge in [-0.1, -0.05) is 12.8 Å². The Kier molecular flexibility index (Phi) is 3.45. The summed E-state index contributed by atoms with van der Waals surface area (Å²) in [4.78, 5) is 19.4. The number of hydrogen-bond acceptors (Lipinski definition) is 3. The van der Waals surface area contributed by atoms with Crippen molar-refractivity contribution in [1.82, 2.24) is 19.7 Å². The smallest absolute Gasteiger partial charge is 0.324 e. The van der Waals surface area contributed by atoms with Crippen molar-refractivity contribution in [3.63, 3.8) is 0 Å². The fourth-order valence-corrected chi connectivity index (χ4v) is 3.07. The summed E-state index contributed by atoms with van der Waals surface area (Å²) in [6, 6.07) is 3.91. The number of fused-ring (bicyclic) bond motifs is 1. The molecule has 7 heteroatoms. The zero-order valence-electron chi connectivity index (χ0n) is 12.6. The molecule has 3 aromatic heterocycles. The van der Waals surface area contributed by atoms with E-state index in [4.69, 9.17) is 0 Å². The van der Waals surface area contributed by atoms with E-state index in [1.54, 1.807) is 12.4 Å². The fourth-order valence-electron chi connectivity index (χ4n) is 3.07. The summed E-state index contributed by atoms with van der Waals surface area (Å²) in [6.07, 6.45) is 11.9. The van der Waals surface area contributed by atoms with Gasteiger partial charge < -0.3 is 10.3 Å². The van der Waals surface area contributed by atoms with Crippen LogP contribution in [0.4, 0.5) is 16.3 Å². The van der Waals surface area contributed by atoms with Crippen LogP contribution in [-0.4, -0.2) is 25.8 Å². The molecule has 1 aliphatic rings. The molecule has 23 heavy (non-hydrogen) atoms. The van der Waals surface area contributed by atoms with Crippen LogP contribution in [-0.2, 0) is 0 Å². The van der Waals surface area contributed by atoms with Gasteiger partial charge >= 0.3 is 6.03 Å². The number of rotatable bonds is 3. The van der Waals surface area contributed by atoms with Gasteiger partial charge in [0, 0.05) is 17.8 Å². The second-order valence-electron chi connectivity index (χ2n) is 5.86. The van der Waals surface area contributed by atoms with E-state index in [0.717, 1.165) is 23.7 Å². The number of aromatic nitrogens is 4. The lowest BCUT2D eigenvalue weighted by molar-refractivity contribution is 0.262. The Labute approximate surface area is 133 Å². The Morgan fingerprint density at radius 2 is 2.13 bits per heavy atom. The molecule has 0 radical (unpaired) electrons. The molecule has 0 atom stereocenters. The van der Waals surface area contributed by atoms with E-state index in [1.165, 1.54) is 12.8 Å². The first-order chi connectivity index (χ1) is 11.3. The van der Waals surface area contributed by atoms with Gasteiger partial charge in [0.15, 0.2) is 0 Å². The lowest BCUT2D eigenvalue weighted by Crippen LogP contribution is -2.19. The van der Waals surface area contributed by atoms with Gasteiger partial charge in [-0.05, 0) is 25.0 Å². The lowest BCUT2D eigenvalue weighted by atomic mass is 10.3. The van der Waals surface area contributed by atoms with Gasteiger partial charge in [0.05, 0.1) is 29.6 Å². The largest absolute Gasteiger partial charge is 0.360 e. The van der Waals surface area contributed by atoms with Crippen LogP contribution in [0.25, 0.3) is 10.9 Å². The Balaban J connectivity index is 1.41. The van der Waals surface area contributed by atoms with Crippen LogP contribution in [0.5, 0.6) is 0 Å². The summed E-state index contributed by atoms with van der Waals surface area (Å²) in [6.45, 7) is 0. The molecule has 0 unspecified atom stereocenters. The number of urea groups is 1. The summed E-state index contributed by atoms with van der Waals surface area (Å²) < 4.78 is 1.95. The van der Waals surface area contributed by atoms with Crippen molar-refractivity contribution in [1.29, 1.82) is 0 Å². The SMILES string of the molecule is O=C(Nc1cnn(C2CCCC2)c1)Nc1cc2cc[nH]c2cn1. The highest BCUT2D eigenvalue weighted by atomic mass is 16.2. The van der Waals surface area contributed by atoms with Gasteiger partial charge in [-0.3, -0.25) is 10.00 Å². The molecule has 1 aliphatic carbocycles. The molecule has 4 rings (SSSR count). The predicted octanol–water partition coefficient (Wildman–Crippen LogP) is 3.52. The fraction of sp³-hybridized carbons (Fsp3) is 0.312. The van der Waals surface area contributed by atoms with Crippen LogP contribution in [0.1, 0.15) is 31.7 Å². The van der Waals surface area contributed by atoms with Crippen LogP contribution >= 0.6 is 0 Å². The number of hydrogen-bond donors (Lipinski definition) is 3. The number of nitrogens with one attached hydrogen (secondary N) is 3. The number of nitrogens with zero attached hydrogens (tertiary/aromatic N) is 3. The molecule has 0 aliphatic heterocycles. The zero-order chi connectivity index (χ0) is 15.6. The van der Waals surface area contributed by atoms with Gasteiger partial charge in [0.2, 0.25) is 0 Å². The normalized spacial score (nSPS) is 15.1. The maximum Gasteiger partial charge on any atom is 0.324 e. The van der Waals surface area contributed by atoms with E-state index >= 15 is 0 Å². The topological polar surface area (TPSA) is 87.6 Å². The van der Waals surface area contributed by atoms with Crippen molar-refractivity contribution in [3.8, 4) is 0 Å². The summed E-state index contributed by atoms with van der Waals surface area (Å²) in [5, 5.41) is 10.9. The van der Waals surface area contributed by atoms with E-state index in [0.29, 0.717) is 17.5 Å². The van der Waals surface area contributed by atoms with Crippen molar-refractivity contribution >= 4 is 28.4 Å². The zero-order valence-corrected chi connectivity index (χ0v) is 12.6. The van der Waals surface area contributed by atoms with Crippen LogP contribution < -0.4 is 10.6 Å². The minimum atomic E-state index is -0.321. The summed E-state index contributed by atoms with van der Waals surface area (Å²) in [5.74, 6) is 0.512. The number of carbonyl (C=O) groups is 1. The molecule has 1 fully saturated rings. The molecule has 1 saturated carbocycles. The minimum absolute atomic E-state index is 0.321. The molecule has 0 saturated heterocycles. The van der Waals surface area contributed by atoms with E-state index in [-0.39, 0.29) is 6.03 Å². The Morgan fingerprint density at radius 1 is 1.26 bits per heavy atom. The first-order valence-corrected chi connectivity index (χ1v) is 7.83. The molecule has 3 aromatic rings. The molecule has 0 spiro atoms. The average Bonchev–Trinajstić information content (AvgIpc) is 3.27. The molecule has 3 heterocycles. The number of pyridine rings is 1. The number of H-pyrrole nitrogens is 1. The Hall–Kier alpha value is -2.83. The van der Waals surface area contributed by atoms with E-state index in [1.807, 2.05) is 29.2 Å². The maximum atomic E-state index is 12.1. The number of amides is 2. The third-order valence-electron chi connectivity index (χ3n) is 4.24. The molecular formula is C16H18N6O. The molecule has 118 valence electrons. The molecule has 0 aromatic carbocycles. The highest BCUT2D eigenvalue weighted by Crippen LogP contribution is 2.29. The monoisotopic (exact) mass is 310 g/mol. The third-order valence-corrected chi connectivity index (χ3v) is 4.24. The summed E-state index contributed by atoms with van der Waals surface area (Å²) >= 11 is 0. The standard InChI is InChI=1S/C16H18N6O/c23-16(21-15-7-11-5-6-17-14(11)9-18-15)20-12-8-19-22(10-12)13-3-1-2-4-13/h5-10,13,17H,1-4H2,(H2,18,20,21,23). The first-order valence-electron chi connectivity index (χ1n) is 7.83. The average molecular weight is 310 g/mol. The third kappa shape index (κ3) is 2.90. The Bertz CT molecular complexity index is 830. The summed E-state index contributed by atoms with van der Waals surface area (Å²) in [7, 11) is 0. The van der Waals surface area contributed by atoms with Crippen molar-refractivity contribution in [2.75, 3.05) is 10.6 Å². The van der Waals surface area contributed by atoms with Crippen molar-refractivity contribution < 1.29 is 4.79 Å². The van der Waals surface area contributed by atoms with E-state index in [2.05, 4.69) is 25.7 Å². The molecular weight excluding hydrogens is 292 g/mol. The molecule has 3 N–H and O–H groups in total. The van der Waals surface area contributed by atoms with Crippen LogP contribution in [0.2, 0.25) is 0 Å². The first kappa shape index (κ1) is 13.8.